The molecule has 5 heteroatoms. The van der Waals surface area contributed by atoms with Crippen LogP contribution >= 0.6 is 0 Å². The van der Waals surface area contributed by atoms with Gasteiger partial charge in [-0.25, -0.2) is 4.39 Å². The Bertz CT molecular complexity index is 235. The van der Waals surface area contributed by atoms with Crippen LogP contribution in [0.5, 0.6) is 0 Å². The number of ether oxygens (including phenoxy) is 2. The van der Waals surface area contributed by atoms with Crippen LogP contribution in [0.2, 0.25) is 0 Å². The van der Waals surface area contributed by atoms with Crippen LogP contribution in [0.3, 0.4) is 0 Å². The van der Waals surface area contributed by atoms with Crippen molar-refractivity contribution in [3.8, 4) is 0 Å². The van der Waals surface area contributed by atoms with Crippen LogP contribution in [0.4, 0.5) is 4.39 Å². The Kier molecular flexibility index (Phi) is 4.04. The van der Waals surface area contributed by atoms with Gasteiger partial charge in [0.25, 0.3) is 0 Å². The van der Waals surface area contributed by atoms with Crippen molar-refractivity contribution < 1.29 is 18.7 Å². The Labute approximate surface area is 89.3 Å². The minimum absolute atomic E-state index is 0.132. The van der Waals surface area contributed by atoms with Gasteiger partial charge in [0.15, 0.2) is 6.10 Å². The summed E-state index contributed by atoms with van der Waals surface area (Å²) in [6, 6.07) is -0.132. The fourth-order valence-corrected chi connectivity index (χ4v) is 1.83. The summed E-state index contributed by atoms with van der Waals surface area (Å²) in [4.78, 5) is 12.7. The monoisotopic (exact) mass is 219 g/mol. The molecule has 0 amide bonds. The average molecular weight is 219 g/mol. The van der Waals surface area contributed by atoms with Crippen LogP contribution < -0.4 is 0 Å². The molecular weight excluding hydrogens is 201 g/mol. The highest BCUT2D eigenvalue weighted by molar-refractivity contribution is 5.66. The number of nitrogens with zero attached hydrogens (tertiary/aromatic N) is 1. The number of esters is 1. The van der Waals surface area contributed by atoms with E-state index in [-0.39, 0.29) is 12.1 Å². The third-order valence-corrected chi connectivity index (χ3v) is 2.54. The van der Waals surface area contributed by atoms with Crippen molar-refractivity contribution in [1.29, 1.82) is 0 Å². The molecule has 0 aromatic rings. The van der Waals surface area contributed by atoms with Crippen LogP contribution in [0, 0.1) is 0 Å². The number of hydrogen-bond donors (Lipinski definition) is 0. The number of likely N-dealkylation sites (N-methyl/N-ethyl adjacent to an activating group) is 1. The molecule has 1 heterocycles. The lowest BCUT2D eigenvalue weighted by Crippen LogP contribution is -2.53. The Morgan fingerprint density at radius 1 is 1.53 bits per heavy atom. The van der Waals surface area contributed by atoms with Gasteiger partial charge in [0.1, 0.15) is 0 Å². The van der Waals surface area contributed by atoms with Gasteiger partial charge in [-0.05, 0) is 27.4 Å². The normalized spacial score (nSPS) is 36.7. The molecule has 88 valence electrons. The Morgan fingerprint density at radius 3 is 2.60 bits per heavy atom. The summed E-state index contributed by atoms with van der Waals surface area (Å²) in [6.07, 6.45) is -1.86. The molecular formula is C10H18FNO3. The fourth-order valence-electron chi connectivity index (χ4n) is 1.83. The lowest BCUT2D eigenvalue weighted by atomic mass is 10.00. The summed E-state index contributed by atoms with van der Waals surface area (Å²) in [7, 11) is 3.68. The van der Waals surface area contributed by atoms with Gasteiger partial charge >= 0.3 is 5.97 Å². The Morgan fingerprint density at radius 2 is 2.13 bits per heavy atom. The van der Waals surface area contributed by atoms with Crippen LogP contribution in [0.25, 0.3) is 0 Å². The van der Waals surface area contributed by atoms with Gasteiger partial charge in [-0.15, -0.1) is 0 Å². The zero-order valence-electron chi connectivity index (χ0n) is 9.57. The first-order valence-electron chi connectivity index (χ1n) is 5.05. The summed E-state index contributed by atoms with van der Waals surface area (Å²) in [6.45, 7) is 3.09. The number of carbonyl (C=O) groups excluding carboxylic acids is 1. The largest absolute Gasteiger partial charge is 0.455 e. The van der Waals surface area contributed by atoms with E-state index in [1.807, 2.05) is 25.9 Å². The molecule has 4 atom stereocenters. The standard InChI is InChI=1S/C10H18FNO3/c1-6-5-8(12(3)4)9(10(11)14-6)15-7(2)13/h6,8-10H,5H2,1-4H3/t6-,8+,9-,10+/m1/s1. The lowest BCUT2D eigenvalue weighted by Gasteiger charge is -2.39. The smallest absolute Gasteiger partial charge is 0.303 e. The van der Waals surface area contributed by atoms with E-state index in [0.29, 0.717) is 6.42 Å². The maximum absolute atomic E-state index is 13.5. The minimum atomic E-state index is -1.54. The Balaban J connectivity index is 2.73. The highest BCUT2D eigenvalue weighted by Crippen LogP contribution is 2.26. The topological polar surface area (TPSA) is 38.8 Å². The maximum atomic E-state index is 13.5. The average Bonchev–Trinajstić information content (AvgIpc) is 2.08. The molecule has 0 saturated carbocycles. The van der Waals surface area contributed by atoms with E-state index in [0.717, 1.165) is 0 Å². The van der Waals surface area contributed by atoms with Crippen LogP contribution in [0.15, 0.2) is 0 Å². The molecule has 1 fully saturated rings. The predicted octanol–water partition coefficient (Wildman–Crippen LogP) is 0.953. The van der Waals surface area contributed by atoms with Gasteiger partial charge in [0.05, 0.1) is 12.1 Å². The summed E-state index contributed by atoms with van der Waals surface area (Å²) >= 11 is 0. The number of halogens is 1. The van der Waals surface area contributed by atoms with Gasteiger partial charge in [0.2, 0.25) is 6.36 Å². The first-order valence-corrected chi connectivity index (χ1v) is 5.05. The molecule has 0 radical (unpaired) electrons. The fraction of sp³-hybridized carbons (Fsp3) is 0.900. The molecule has 0 aliphatic carbocycles. The van der Waals surface area contributed by atoms with E-state index in [1.54, 1.807) is 0 Å². The first kappa shape index (κ1) is 12.4. The zero-order valence-corrected chi connectivity index (χ0v) is 9.57. The van der Waals surface area contributed by atoms with Crippen molar-refractivity contribution in [1.82, 2.24) is 4.90 Å². The predicted molar refractivity (Wildman–Crippen MR) is 53.1 cm³/mol. The molecule has 4 nitrogen and oxygen atoms in total. The second-order valence-electron chi connectivity index (χ2n) is 4.14. The van der Waals surface area contributed by atoms with E-state index in [1.165, 1.54) is 6.92 Å². The van der Waals surface area contributed by atoms with E-state index in [4.69, 9.17) is 9.47 Å². The molecule has 15 heavy (non-hydrogen) atoms. The number of hydrogen-bond acceptors (Lipinski definition) is 4. The molecule has 0 spiro atoms. The van der Waals surface area contributed by atoms with Crippen molar-refractivity contribution in [2.75, 3.05) is 14.1 Å². The molecule has 0 bridgehead atoms. The van der Waals surface area contributed by atoms with Crippen LogP contribution in [-0.4, -0.2) is 49.6 Å². The minimum Gasteiger partial charge on any atom is -0.455 e. The third kappa shape index (κ3) is 3.14. The van der Waals surface area contributed by atoms with E-state index < -0.39 is 18.4 Å². The molecule has 0 aromatic heterocycles. The number of carbonyl (C=O) groups is 1. The van der Waals surface area contributed by atoms with Crippen molar-refractivity contribution >= 4 is 5.97 Å². The second kappa shape index (κ2) is 4.90. The van der Waals surface area contributed by atoms with E-state index in [2.05, 4.69) is 0 Å². The van der Waals surface area contributed by atoms with Crippen molar-refractivity contribution in [3.05, 3.63) is 0 Å². The van der Waals surface area contributed by atoms with Gasteiger partial charge in [0, 0.05) is 6.92 Å². The van der Waals surface area contributed by atoms with Gasteiger partial charge in [-0.2, -0.15) is 0 Å². The van der Waals surface area contributed by atoms with Crippen molar-refractivity contribution in [3.63, 3.8) is 0 Å². The van der Waals surface area contributed by atoms with Gasteiger partial charge in [-0.3, -0.25) is 4.79 Å². The summed E-state index contributed by atoms with van der Waals surface area (Å²) in [5.41, 5.74) is 0. The highest BCUT2D eigenvalue weighted by atomic mass is 19.1. The molecule has 0 aromatic carbocycles. The van der Waals surface area contributed by atoms with Crippen LogP contribution in [-0.2, 0) is 14.3 Å². The Hall–Kier alpha value is -0.680. The van der Waals surface area contributed by atoms with E-state index in [9.17, 15) is 9.18 Å². The summed E-state index contributed by atoms with van der Waals surface area (Å²) in [5.74, 6) is -0.479. The lowest BCUT2D eigenvalue weighted by molar-refractivity contribution is -0.212. The summed E-state index contributed by atoms with van der Waals surface area (Å²) in [5, 5.41) is 0. The highest BCUT2D eigenvalue weighted by Gasteiger charge is 2.40. The molecule has 1 aliphatic rings. The summed E-state index contributed by atoms with van der Waals surface area (Å²) < 4.78 is 23.5. The van der Waals surface area contributed by atoms with Crippen molar-refractivity contribution in [2.24, 2.45) is 0 Å². The quantitative estimate of drug-likeness (QED) is 0.648. The van der Waals surface area contributed by atoms with E-state index >= 15 is 0 Å². The second-order valence-corrected chi connectivity index (χ2v) is 4.14. The molecule has 1 saturated heterocycles. The number of alkyl halides is 1. The third-order valence-electron chi connectivity index (χ3n) is 2.54. The van der Waals surface area contributed by atoms with Gasteiger partial charge < -0.3 is 14.4 Å². The molecule has 0 N–H and O–H groups in total. The SMILES string of the molecule is CC(=O)O[C@H]1[C@@H](F)O[C@H](C)C[C@@H]1N(C)C. The zero-order chi connectivity index (χ0) is 11.6. The number of rotatable bonds is 2. The molecule has 1 rings (SSSR count). The van der Waals surface area contributed by atoms with Crippen LogP contribution in [0.1, 0.15) is 20.3 Å². The van der Waals surface area contributed by atoms with Gasteiger partial charge in [-0.1, -0.05) is 0 Å². The molecule has 0 unspecified atom stereocenters. The van der Waals surface area contributed by atoms with Crippen molar-refractivity contribution in [2.45, 2.75) is 44.9 Å². The molecule has 1 aliphatic heterocycles. The maximum Gasteiger partial charge on any atom is 0.303 e. The first-order chi connectivity index (χ1) is 6.91.